The molecule has 2 atom stereocenters. The van der Waals surface area contributed by atoms with E-state index in [0.29, 0.717) is 23.5 Å². The van der Waals surface area contributed by atoms with E-state index >= 15 is 0 Å². The minimum Gasteiger partial charge on any atom is -0.491 e. The summed E-state index contributed by atoms with van der Waals surface area (Å²) in [6, 6.07) is 11.4. The van der Waals surface area contributed by atoms with E-state index in [1.807, 2.05) is 54.8 Å². The number of hydrogen-bond acceptors (Lipinski definition) is 7. The maximum atomic E-state index is 14.1. The van der Waals surface area contributed by atoms with Crippen LogP contribution in [0.4, 0.5) is 0 Å². The highest BCUT2D eigenvalue weighted by Gasteiger charge is 2.45. The summed E-state index contributed by atoms with van der Waals surface area (Å²) in [6.07, 6.45) is -0.598. The highest BCUT2D eigenvalue weighted by Crippen LogP contribution is 2.47. The molecule has 1 saturated heterocycles. The van der Waals surface area contributed by atoms with Crippen molar-refractivity contribution in [3.05, 3.63) is 63.3 Å². The van der Waals surface area contributed by atoms with Crippen molar-refractivity contribution in [1.82, 2.24) is 4.57 Å². The molecule has 0 saturated carbocycles. The Balaban J connectivity index is 1.44. The third-order valence-electron chi connectivity index (χ3n) is 9.38. The van der Waals surface area contributed by atoms with Crippen molar-refractivity contribution in [2.75, 3.05) is 20.3 Å². The molecule has 3 aromatic rings. The Morgan fingerprint density at radius 2 is 1.68 bits per heavy atom. The molecule has 1 aromatic heterocycles. The molecule has 1 fully saturated rings. The standard InChI is InChI=1S/C34H44BrNO7Si/c1-32(2,3)44(9,10)41-19-27-26(42-34(6,7)43-27)18-40-21-12-14-22-24(16-21)33(4,5)31-29(30(22)38)23-13-11-20(35)15-25(23)36(31)17-28(37)39-8/h11-16,26-27H,17-19H2,1-10H3/t26-,27-/m1/s1. The van der Waals surface area contributed by atoms with E-state index in [2.05, 4.69) is 63.6 Å². The summed E-state index contributed by atoms with van der Waals surface area (Å²) in [5.41, 5.74) is 3.03. The fraction of sp³-hybridized carbons (Fsp3) is 0.529. The number of esters is 1. The van der Waals surface area contributed by atoms with Gasteiger partial charge in [-0.05, 0) is 67.9 Å². The Morgan fingerprint density at radius 1 is 1.02 bits per heavy atom. The van der Waals surface area contributed by atoms with Crippen LogP contribution in [0.5, 0.6) is 5.75 Å². The summed E-state index contributed by atoms with van der Waals surface area (Å²) in [7, 11) is -0.608. The van der Waals surface area contributed by atoms with Crippen molar-refractivity contribution in [3.63, 3.8) is 0 Å². The number of halogens is 1. The van der Waals surface area contributed by atoms with Gasteiger partial charge >= 0.3 is 5.97 Å². The van der Waals surface area contributed by atoms with Crippen LogP contribution in [0.1, 0.15) is 75.6 Å². The molecule has 0 radical (unpaired) electrons. The second kappa shape index (κ2) is 11.4. The van der Waals surface area contributed by atoms with Gasteiger partial charge in [0.1, 0.15) is 31.1 Å². The minimum atomic E-state index is -1.98. The number of nitrogens with zero attached hydrogens (tertiary/aromatic N) is 1. The van der Waals surface area contributed by atoms with E-state index in [1.165, 1.54) is 7.11 Å². The molecule has 1 aliphatic carbocycles. The molecule has 2 aliphatic rings. The molecule has 2 aromatic carbocycles. The Hall–Kier alpha value is -2.50. The van der Waals surface area contributed by atoms with E-state index in [4.69, 9.17) is 23.4 Å². The van der Waals surface area contributed by atoms with Gasteiger partial charge in [0.05, 0.1) is 24.8 Å². The van der Waals surface area contributed by atoms with Crippen LogP contribution in [-0.2, 0) is 35.4 Å². The zero-order valence-corrected chi connectivity index (χ0v) is 30.0. The summed E-state index contributed by atoms with van der Waals surface area (Å²) >= 11 is 3.55. The smallest absolute Gasteiger partial charge is 0.325 e. The number of fused-ring (bicyclic) bond motifs is 4. The van der Waals surface area contributed by atoms with E-state index in [9.17, 15) is 9.59 Å². The number of carbonyl (C=O) groups is 2. The van der Waals surface area contributed by atoms with Crippen LogP contribution in [0.3, 0.4) is 0 Å². The average molecular weight is 687 g/mol. The summed E-state index contributed by atoms with van der Waals surface area (Å²) in [4.78, 5) is 26.6. The number of rotatable bonds is 8. The van der Waals surface area contributed by atoms with Crippen molar-refractivity contribution < 1.29 is 33.0 Å². The van der Waals surface area contributed by atoms with Crippen molar-refractivity contribution in [2.45, 2.75) is 96.6 Å². The van der Waals surface area contributed by atoms with Gasteiger partial charge in [-0.1, -0.05) is 56.6 Å². The van der Waals surface area contributed by atoms with Gasteiger partial charge in [-0.15, -0.1) is 0 Å². The zero-order valence-electron chi connectivity index (χ0n) is 27.4. The monoisotopic (exact) mass is 685 g/mol. The predicted molar refractivity (Wildman–Crippen MR) is 176 cm³/mol. The number of methoxy groups -OCH3 is 1. The van der Waals surface area contributed by atoms with Crippen molar-refractivity contribution in [1.29, 1.82) is 0 Å². The van der Waals surface area contributed by atoms with E-state index < -0.39 is 19.5 Å². The Labute approximate surface area is 269 Å². The fourth-order valence-corrected chi connectivity index (χ4v) is 7.39. The maximum Gasteiger partial charge on any atom is 0.325 e. The molecule has 10 heteroatoms. The molecular weight excluding hydrogens is 642 g/mol. The summed E-state index contributed by atoms with van der Waals surface area (Å²) in [5, 5.41) is 0.892. The summed E-state index contributed by atoms with van der Waals surface area (Å²) in [6.45, 7) is 19.8. The zero-order chi connectivity index (χ0) is 32.4. The molecule has 0 spiro atoms. The number of hydrogen-bond donors (Lipinski definition) is 0. The fourth-order valence-electron chi connectivity index (χ4n) is 6.03. The van der Waals surface area contributed by atoms with Crippen molar-refractivity contribution in [3.8, 4) is 5.75 Å². The molecule has 8 nitrogen and oxygen atoms in total. The molecule has 5 rings (SSSR count). The first-order valence-corrected chi connectivity index (χ1v) is 18.8. The molecule has 0 bridgehead atoms. The quantitative estimate of drug-likeness (QED) is 0.181. The van der Waals surface area contributed by atoms with Crippen LogP contribution in [-0.4, -0.2) is 63.0 Å². The van der Waals surface area contributed by atoms with Crippen LogP contribution >= 0.6 is 15.9 Å². The first-order valence-electron chi connectivity index (χ1n) is 15.1. The maximum absolute atomic E-state index is 14.1. The molecule has 0 unspecified atom stereocenters. The number of benzene rings is 2. The molecule has 1 aliphatic heterocycles. The average Bonchev–Trinajstić information content (AvgIpc) is 3.42. The van der Waals surface area contributed by atoms with Crippen LogP contribution in [0, 0.1) is 0 Å². The Morgan fingerprint density at radius 3 is 2.32 bits per heavy atom. The third kappa shape index (κ3) is 5.91. The lowest BCUT2D eigenvalue weighted by Crippen LogP contribution is -2.44. The summed E-state index contributed by atoms with van der Waals surface area (Å²) in [5.74, 6) is -0.583. The van der Waals surface area contributed by atoms with E-state index in [1.54, 1.807) is 0 Å². The van der Waals surface area contributed by atoms with Gasteiger partial charge < -0.3 is 27.9 Å². The second-order valence-electron chi connectivity index (χ2n) is 14.3. The summed E-state index contributed by atoms with van der Waals surface area (Å²) < 4.78 is 33.1. The SMILES string of the molecule is COC(=O)Cn1c2c(c3ccc(Br)cc31)C(=O)c1ccc(OC[C@H]3OC(C)(C)O[C@@H]3CO[Si](C)(C)C(C)(C)C)cc1C2(C)C. The molecule has 2 heterocycles. The number of carbonyl (C=O) groups excluding carboxylic acids is 2. The second-order valence-corrected chi connectivity index (χ2v) is 20.0. The van der Waals surface area contributed by atoms with Crippen LogP contribution in [0.15, 0.2) is 40.9 Å². The first-order chi connectivity index (χ1) is 20.4. The largest absolute Gasteiger partial charge is 0.491 e. The predicted octanol–water partition coefficient (Wildman–Crippen LogP) is 7.37. The molecule has 0 N–H and O–H groups in total. The number of ketones is 1. The lowest BCUT2D eigenvalue weighted by atomic mass is 9.71. The van der Waals surface area contributed by atoms with Gasteiger partial charge in [0.15, 0.2) is 19.9 Å². The molecule has 238 valence electrons. The molecular formula is C34H44BrNO7Si. The Kier molecular flexibility index (Phi) is 8.51. The van der Waals surface area contributed by atoms with Crippen molar-refractivity contribution >= 4 is 46.9 Å². The van der Waals surface area contributed by atoms with E-state index in [-0.39, 0.29) is 42.2 Å². The highest BCUT2D eigenvalue weighted by atomic mass is 79.9. The van der Waals surface area contributed by atoms with Gasteiger partial charge in [-0.2, -0.15) is 0 Å². The van der Waals surface area contributed by atoms with Gasteiger partial charge in [-0.25, -0.2) is 0 Å². The van der Waals surface area contributed by atoms with Gasteiger partial charge in [0, 0.05) is 26.5 Å². The highest BCUT2D eigenvalue weighted by molar-refractivity contribution is 9.10. The molecule has 0 amide bonds. The van der Waals surface area contributed by atoms with Crippen LogP contribution < -0.4 is 4.74 Å². The van der Waals surface area contributed by atoms with Crippen molar-refractivity contribution in [2.24, 2.45) is 0 Å². The minimum absolute atomic E-state index is 0.00579. The van der Waals surface area contributed by atoms with Gasteiger partial charge in [-0.3, -0.25) is 9.59 Å². The molecule has 44 heavy (non-hydrogen) atoms. The van der Waals surface area contributed by atoms with Crippen LogP contribution in [0.25, 0.3) is 10.9 Å². The number of aromatic nitrogens is 1. The lowest BCUT2D eigenvalue weighted by Gasteiger charge is -2.37. The Bertz CT molecular complexity index is 1620. The van der Waals surface area contributed by atoms with Crippen LogP contribution in [0.2, 0.25) is 18.1 Å². The lowest BCUT2D eigenvalue weighted by molar-refractivity contribution is -0.150. The topological polar surface area (TPSA) is 85.2 Å². The normalized spacial score (nSPS) is 20.8. The van der Waals surface area contributed by atoms with Gasteiger partial charge in [0.2, 0.25) is 0 Å². The van der Waals surface area contributed by atoms with E-state index in [0.717, 1.165) is 26.6 Å². The van der Waals surface area contributed by atoms with Gasteiger partial charge in [0.25, 0.3) is 0 Å². The first kappa shape index (κ1) is 32.9. The number of ether oxygens (including phenoxy) is 4. The third-order valence-corrected chi connectivity index (χ3v) is 14.4.